The van der Waals surface area contributed by atoms with Crippen LogP contribution in [0, 0.1) is 25.2 Å². The van der Waals surface area contributed by atoms with E-state index in [1.54, 1.807) is 0 Å². The molecule has 23 heavy (non-hydrogen) atoms. The third kappa shape index (κ3) is 4.94. The number of carbonyl (C=O) groups excluding carboxylic acids is 1. The minimum atomic E-state index is -0.531. The average molecular weight is 303 g/mol. The zero-order valence-corrected chi connectivity index (χ0v) is 13.1. The highest BCUT2D eigenvalue weighted by Crippen LogP contribution is 2.08. The first-order valence-electron chi connectivity index (χ1n) is 7.17. The molecule has 0 aliphatic carbocycles. The van der Waals surface area contributed by atoms with Crippen LogP contribution in [0.15, 0.2) is 59.2 Å². The van der Waals surface area contributed by atoms with Crippen LogP contribution in [0.2, 0.25) is 0 Å². The van der Waals surface area contributed by atoms with E-state index in [1.165, 1.54) is 12.3 Å². The number of hydrogen-bond acceptors (Lipinski definition) is 3. The molecule has 0 heterocycles. The SMILES string of the molecule is Cc1ccc(/C=C(/C#N)C(=O)N/N=C/c2ccc(C)cc2)cc1. The van der Waals surface area contributed by atoms with Gasteiger partial charge in [0.05, 0.1) is 6.21 Å². The Kier molecular flexibility index (Phi) is 5.43. The summed E-state index contributed by atoms with van der Waals surface area (Å²) in [6.45, 7) is 3.98. The summed E-state index contributed by atoms with van der Waals surface area (Å²) in [4.78, 5) is 12.0. The highest BCUT2D eigenvalue weighted by atomic mass is 16.2. The van der Waals surface area contributed by atoms with Gasteiger partial charge in [-0.3, -0.25) is 4.79 Å². The largest absolute Gasteiger partial charge is 0.282 e. The van der Waals surface area contributed by atoms with Gasteiger partial charge in [-0.15, -0.1) is 0 Å². The molecule has 0 saturated heterocycles. The number of benzene rings is 2. The zero-order valence-electron chi connectivity index (χ0n) is 13.1. The second kappa shape index (κ2) is 7.71. The van der Waals surface area contributed by atoms with Crippen LogP contribution in [-0.4, -0.2) is 12.1 Å². The maximum absolute atomic E-state index is 12.0. The maximum atomic E-state index is 12.0. The van der Waals surface area contributed by atoms with Crippen LogP contribution >= 0.6 is 0 Å². The highest BCUT2D eigenvalue weighted by molar-refractivity contribution is 6.01. The molecule has 0 radical (unpaired) electrons. The Morgan fingerprint density at radius 1 is 1.00 bits per heavy atom. The molecule has 2 rings (SSSR count). The number of hydrogen-bond donors (Lipinski definition) is 1. The lowest BCUT2D eigenvalue weighted by Crippen LogP contribution is -2.19. The summed E-state index contributed by atoms with van der Waals surface area (Å²) in [7, 11) is 0. The van der Waals surface area contributed by atoms with E-state index >= 15 is 0 Å². The molecule has 114 valence electrons. The lowest BCUT2D eigenvalue weighted by Gasteiger charge is -1.99. The molecule has 0 bridgehead atoms. The summed E-state index contributed by atoms with van der Waals surface area (Å²) in [5, 5.41) is 13.0. The van der Waals surface area contributed by atoms with E-state index in [0.29, 0.717) is 0 Å². The van der Waals surface area contributed by atoms with Gasteiger partial charge in [0.25, 0.3) is 5.91 Å². The molecule has 1 amide bonds. The van der Waals surface area contributed by atoms with Gasteiger partial charge in [0.15, 0.2) is 0 Å². The number of hydrazone groups is 1. The molecule has 0 aliphatic heterocycles. The Bertz CT molecular complexity index is 779. The lowest BCUT2D eigenvalue weighted by atomic mass is 10.1. The Hall–Kier alpha value is -3.19. The first-order valence-corrected chi connectivity index (χ1v) is 7.17. The van der Waals surface area contributed by atoms with E-state index in [-0.39, 0.29) is 5.57 Å². The molecule has 4 nitrogen and oxygen atoms in total. The standard InChI is InChI=1S/C19H17N3O/c1-14-3-7-16(8-4-14)11-18(12-20)19(23)22-21-13-17-9-5-15(2)6-10-17/h3-11,13H,1-2H3,(H,22,23)/b18-11-,21-13+. The molecule has 1 N–H and O–H groups in total. The normalized spacial score (nSPS) is 11.3. The number of nitrogens with zero attached hydrogens (tertiary/aromatic N) is 2. The van der Waals surface area contributed by atoms with Crippen molar-refractivity contribution in [3.05, 3.63) is 76.4 Å². The van der Waals surface area contributed by atoms with E-state index in [2.05, 4.69) is 10.5 Å². The maximum Gasteiger partial charge on any atom is 0.282 e. The Balaban J connectivity index is 2.04. The molecule has 2 aromatic rings. The van der Waals surface area contributed by atoms with Crippen molar-refractivity contribution in [3.63, 3.8) is 0 Å². The van der Waals surface area contributed by atoms with Crippen molar-refractivity contribution < 1.29 is 4.79 Å². The number of carbonyl (C=O) groups is 1. The van der Waals surface area contributed by atoms with Crippen molar-refractivity contribution in [1.82, 2.24) is 5.43 Å². The van der Waals surface area contributed by atoms with E-state index < -0.39 is 5.91 Å². The fraction of sp³-hybridized carbons (Fsp3) is 0.105. The second-order valence-electron chi connectivity index (χ2n) is 5.19. The zero-order chi connectivity index (χ0) is 16.7. The Morgan fingerprint density at radius 3 is 2.04 bits per heavy atom. The summed E-state index contributed by atoms with van der Waals surface area (Å²) in [5.74, 6) is -0.531. The van der Waals surface area contributed by atoms with Crippen LogP contribution < -0.4 is 5.43 Å². The van der Waals surface area contributed by atoms with Crippen LogP contribution in [0.4, 0.5) is 0 Å². The smallest absolute Gasteiger partial charge is 0.267 e. The van der Waals surface area contributed by atoms with E-state index in [0.717, 1.165) is 22.3 Å². The highest BCUT2D eigenvalue weighted by Gasteiger charge is 2.07. The molecule has 0 aliphatic rings. The molecule has 4 heteroatoms. The van der Waals surface area contributed by atoms with Gasteiger partial charge >= 0.3 is 0 Å². The molecule has 0 unspecified atom stereocenters. The minimum Gasteiger partial charge on any atom is -0.267 e. The first-order chi connectivity index (χ1) is 11.1. The first kappa shape index (κ1) is 16.2. The monoisotopic (exact) mass is 303 g/mol. The third-order valence-corrected chi connectivity index (χ3v) is 3.21. The van der Waals surface area contributed by atoms with Crippen molar-refractivity contribution in [3.8, 4) is 6.07 Å². The van der Waals surface area contributed by atoms with Gasteiger partial charge in [0, 0.05) is 0 Å². The van der Waals surface area contributed by atoms with Crippen LogP contribution in [0.1, 0.15) is 22.3 Å². The fourth-order valence-corrected chi connectivity index (χ4v) is 1.86. The van der Waals surface area contributed by atoms with Crippen LogP contribution in [0.25, 0.3) is 6.08 Å². The van der Waals surface area contributed by atoms with Crippen LogP contribution in [0.3, 0.4) is 0 Å². The van der Waals surface area contributed by atoms with Gasteiger partial charge in [0.1, 0.15) is 11.6 Å². The summed E-state index contributed by atoms with van der Waals surface area (Å²) in [6, 6.07) is 17.2. The molecule has 2 aromatic carbocycles. The summed E-state index contributed by atoms with van der Waals surface area (Å²) >= 11 is 0. The van der Waals surface area contributed by atoms with Gasteiger partial charge in [-0.05, 0) is 31.1 Å². The summed E-state index contributed by atoms with van der Waals surface area (Å²) in [5.41, 5.74) is 6.32. The number of rotatable bonds is 4. The van der Waals surface area contributed by atoms with Crippen molar-refractivity contribution in [2.24, 2.45) is 5.10 Å². The number of nitrogens with one attached hydrogen (secondary N) is 1. The van der Waals surface area contributed by atoms with E-state index in [4.69, 9.17) is 5.26 Å². The Labute approximate surface area is 135 Å². The predicted octanol–water partition coefficient (Wildman–Crippen LogP) is 3.36. The van der Waals surface area contributed by atoms with E-state index in [9.17, 15) is 4.79 Å². The van der Waals surface area contributed by atoms with Gasteiger partial charge in [-0.2, -0.15) is 10.4 Å². The quantitative estimate of drug-likeness (QED) is 0.407. The lowest BCUT2D eigenvalue weighted by molar-refractivity contribution is -0.117. The molecular formula is C19H17N3O. The van der Waals surface area contributed by atoms with Crippen LogP contribution in [-0.2, 0) is 4.79 Å². The van der Waals surface area contributed by atoms with Crippen molar-refractivity contribution in [1.29, 1.82) is 5.26 Å². The molecular weight excluding hydrogens is 286 g/mol. The van der Waals surface area contributed by atoms with E-state index in [1.807, 2.05) is 68.4 Å². The fourth-order valence-electron chi connectivity index (χ4n) is 1.86. The number of nitriles is 1. The van der Waals surface area contributed by atoms with Gasteiger partial charge in [0.2, 0.25) is 0 Å². The average Bonchev–Trinajstić information content (AvgIpc) is 2.56. The van der Waals surface area contributed by atoms with Gasteiger partial charge < -0.3 is 0 Å². The number of aryl methyl sites for hydroxylation is 2. The van der Waals surface area contributed by atoms with Crippen LogP contribution in [0.5, 0.6) is 0 Å². The topological polar surface area (TPSA) is 65.2 Å². The molecule has 0 atom stereocenters. The predicted molar refractivity (Wildman–Crippen MR) is 91.7 cm³/mol. The third-order valence-electron chi connectivity index (χ3n) is 3.21. The second-order valence-corrected chi connectivity index (χ2v) is 5.19. The molecule has 0 saturated carbocycles. The van der Waals surface area contributed by atoms with Crippen molar-refractivity contribution >= 4 is 18.2 Å². The van der Waals surface area contributed by atoms with Crippen molar-refractivity contribution in [2.75, 3.05) is 0 Å². The molecule has 0 spiro atoms. The molecule has 0 aromatic heterocycles. The Morgan fingerprint density at radius 2 is 1.52 bits per heavy atom. The van der Waals surface area contributed by atoms with Crippen molar-refractivity contribution in [2.45, 2.75) is 13.8 Å². The minimum absolute atomic E-state index is 0.00918. The molecule has 0 fully saturated rings. The number of amides is 1. The van der Waals surface area contributed by atoms with Gasteiger partial charge in [-0.1, -0.05) is 59.7 Å². The summed E-state index contributed by atoms with van der Waals surface area (Å²) in [6.07, 6.45) is 3.08. The van der Waals surface area contributed by atoms with Gasteiger partial charge in [-0.25, -0.2) is 5.43 Å². The summed E-state index contributed by atoms with van der Waals surface area (Å²) < 4.78 is 0.